The first-order chi connectivity index (χ1) is 15.9. The van der Waals surface area contributed by atoms with Crippen molar-refractivity contribution >= 4 is 26.0 Å². The van der Waals surface area contributed by atoms with Crippen LogP contribution in [0.4, 0.5) is 14.6 Å². The molecule has 33 heavy (non-hydrogen) atoms. The number of pyridine rings is 1. The molecule has 1 amide bonds. The van der Waals surface area contributed by atoms with E-state index in [2.05, 4.69) is 10.3 Å². The van der Waals surface area contributed by atoms with E-state index in [0.717, 1.165) is 12.0 Å². The zero-order valence-electron chi connectivity index (χ0n) is 18.3. The Morgan fingerprint density at radius 1 is 1.30 bits per heavy atom. The molecule has 1 aromatic heterocycles. The monoisotopic (exact) mass is 468 g/mol. The Bertz CT molecular complexity index is 1110. The summed E-state index contributed by atoms with van der Waals surface area (Å²) in [4.78, 5) is 16.6. The van der Waals surface area contributed by atoms with Crippen molar-refractivity contribution in [3.8, 4) is 0 Å². The van der Waals surface area contributed by atoms with Gasteiger partial charge in [0.25, 0.3) is 0 Å². The highest BCUT2D eigenvalue weighted by atomic mass is 31.1. The lowest BCUT2D eigenvalue weighted by Gasteiger charge is -2.20. The van der Waals surface area contributed by atoms with Crippen LogP contribution in [0, 0.1) is 0 Å². The van der Waals surface area contributed by atoms with Gasteiger partial charge in [-0.1, -0.05) is 39.0 Å². The lowest BCUT2D eigenvalue weighted by atomic mass is 10.1. The number of aromatic nitrogens is 1. The molecule has 0 aromatic carbocycles. The lowest BCUT2D eigenvalue weighted by molar-refractivity contribution is -0.115. The number of amides is 1. The second kappa shape index (κ2) is 11.5. The molecule has 0 spiro atoms. The Morgan fingerprint density at radius 3 is 2.79 bits per heavy atom. The van der Waals surface area contributed by atoms with Gasteiger partial charge in [-0.25, -0.2) is 13.8 Å². The van der Waals surface area contributed by atoms with Crippen LogP contribution < -0.4 is 16.8 Å². The maximum Gasteiger partial charge on any atom is 0.229 e. The van der Waals surface area contributed by atoms with Crippen LogP contribution in [0.2, 0.25) is 0 Å². The summed E-state index contributed by atoms with van der Waals surface area (Å²) in [7, 11) is 0.0818. The molecule has 1 aliphatic heterocycles. The van der Waals surface area contributed by atoms with E-state index in [-0.39, 0.29) is 39.0 Å². The Labute approximate surface area is 194 Å². The molecular formula is C25H27F2N4OP. The van der Waals surface area contributed by atoms with Crippen LogP contribution in [0.5, 0.6) is 0 Å². The SMILES string of the molecule is CCC1=CC=C(C2PC=C(CC(=O)Nc3ccc(/C(N)=C/C=C\N)cn3)C=C2F)C=C(F)C1. The van der Waals surface area contributed by atoms with Crippen LogP contribution in [0.25, 0.3) is 5.70 Å². The quantitative estimate of drug-likeness (QED) is 0.364. The van der Waals surface area contributed by atoms with Crippen LogP contribution in [-0.2, 0) is 4.79 Å². The summed E-state index contributed by atoms with van der Waals surface area (Å²) in [6.07, 6.45) is 13.7. The first kappa shape index (κ1) is 24.3. The molecule has 0 radical (unpaired) electrons. The van der Waals surface area contributed by atoms with Crippen LogP contribution >= 0.6 is 8.58 Å². The van der Waals surface area contributed by atoms with Gasteiger partial charge < -0.3 is 16.8 Å². The molecule has 0 fully saturated rings. The highest BCUT2D eigenvalue weighted by molar-refractivity contribution is 7.43. The van der Waals surface area contributed by atoms with E-state index in [1.54, 1.807) is 36.6 Å². The topological polar surface area (TPSA) is 94.0 Å². The molecule has 2 aliphatic rings. The minimum absolute atomic E-state index is 0.0169. The number of nitrogens with one attached hydrogen (secondary N) is 1. The molecule has 1 aromatic rings. The van der Waals surface area contributed by atoms with Crippen molar-refractivity contribution in [2.75, 3.05) is 5.32 Å². The second-order valence-corrected chi connectivity index (χ2v) is 8.82. The number of carbonyl (C=O) groups excluding carboxylic acids is 1. The number of halogens is 2. The molecule has 2 heterocycles. The predicted molar refractivity (Wildman–Crippen MR) is 133 cm³/mol. The number of anilines is 1. The van der Waals surface area contributed by atoms with E-state index in [0.29, 0.717) is 28.2 Å². The second-order valence-electron chi connectivity index (χ2n) is 7.63. The number of allylic oxidation sites excluding steroid dienone is 10. The average Bonchev–Trinajstić information content (AvgIpc) is 2.99. The highest BCUT2D eigenvalue weighted by Gasteiger charge is 2.23. The smallest absolute Gasteiger partial charge is 0.229 e. The van der Waals surface area contributed by atoms with Gasteiger partial charge in [-0.05, 0) is 60.2 Å². The normalized spacial score (nSPS) is 19.9. The molecule has 0 bridgehead atoms. The molecule has 0 saturated heterocycles. The fourth-order valence-corrected chi connectivity index (χ4v) is 4.57. The van der Waals surface area contributed by atoms with Gasteiger partial charge >= 0.3 is 0 Å². The molecule has 3 rings (SSSR count). The number of carbonyl (C=O) groups is 1. The van der Waals surface area contributed by atoms with Crippen LogP contribution in [-0.4, -0.2) is 16.6 Å². The lowest BCUT2D eigenvalue weighted by Crippen LogP contribution is -2.14. The van der Waals surface area contributed by atoms with Crippen LogP contribution in [0.15, 0.2) is 95.2 Å². The molecule has 2 atom stereocenters. The third-order valence-corrected chi connectivity index (χ3v) is 6.65. The van der Waals surface area contributed by atoms with Crippen molar-refractivity contribution in [2.45, 2.75) is 31.8 Å². The van der Waals surface area contributed by atoms with Crippen LogP contribution in [0.3, 0.4) is 0 Å². The molecule has 0 saturated carbocycles. The van der Waals surface area contributed by atoms with Gasteiger partial charge in [0.1, 0.15) is 17.5 Å². The maximum absolute atomic E-state index is 14.8. The minimum atomic E-state index is -0.517. The first-order valence-corrected chi connectivity index (χ1v) is 11.7. The van der Waals surface area contributed by atoms with E-state index in [1.807, 2.05) is 18.8 Å². The summed E-state index contributed by atoms with van der Waals surface area (Å²) in [5, 5.41) is 2.70. The van der Waals surface area contributed by atoms with E-state index < -0.39 is 5.66 Å². The molecule has 2 unspecified atom stereocenters. The van der Waals surface area contributed by atoms with Gasteiger partial charge in [-0.2, -0.15) is 0 Å². The van der Waals surface area contributed by atoms with E-state index in [4.69, 9.17) is 11.5 Å². The Balaban J connectivity index is 1.61. The van der Waals surface area contributed by atoms with E-state index in [1.165, 1.54) is 18.4 Å². The largest absolute Gasteiger partial charge is 0.405 e. The van der Waals surface area contributed by atoms with E-state index >= 15 is 0 Å². The van der Waals surface area contributed by atoms with Crippen molar-refractivity contribution in [1.82, 2.24) is 4.98 Å². The molecular weight excluding hydrogens is 441 g/mol. The van der Waals surface area contributed by atoms with Gasteiger partial charge in [-0.15, -0.1) is 0 Å². The first-order valence-electron chi connectivity index (χ1n) is 10.6. The Hall–Kier alpha value is -3.31. The van der Waals surface area contributed by atoms with Crippen LogP contribution in [0.1, 0.15) is 31.7 Å². The molecule has 1 aliphatic carbocycles. The Kier molecular flexibility index (Phi) is 8.50. The van der Waals surface area contributed by atoms with E-state index in [9.17, 15) is 13.6 Å². The predicted octanol–water partition coefficient (Wildman–Crippen LogP) is 5.50. The van der Waals surface area contributed by atoms with Gasteiger partial charge in [0.05, 0.1) is 12.1 Å². The maximum atomic E-state index is 14.8. The molecule has 5 N–H and O–H groups in total. The summed E-state index contributed by atoms with van der Waals surface area (Å²) in [6, 6.07) is 3.37. The fourth-order valence-electron chi connectivity index (χ4n) is 3.39. The van der Waals surface area contributed by atoms with Crippen molar-refractivity contribution in [1.29, 1.82) is 0 Å². The molecule has 172 valence electrons. The van der Waals surface area contributed by atoms with Gasteiger partial charge in [-0.3, -0.25) is 4.79 Å². The summed E-state index contributed by atoms with van der Waals surface area (Å²) in [6.45, 7) is 1.97. The van der Waals surface area contributed by atoms with Crippen molar-refractivity contribution < 1.29 is 13.6 Å². The van der Waals surface area contributed by atoms with Gasteiger partial charge in [0, 0.05) is 23.9 Å². The summed E-state index contributed by atoms with van der Waals surface area (Å²) in [5.74, 6) is 1.29. The fraction of sp³-hybridized carbons (Fsp3) is 0.200. The standard InChI is InChI=1S/C25H27F2N4OP/c1-2-16-5-6-18(13-20(26)10-16)25-21(27)11-17(15-33-25)12-24(32)31-23-8-7-19(14-30-23)22(29)4-3-9-28/h3-9,11,13-15,25,33H,2,10,12,28-29H2,1H3,(H,30,31,32)/b9-3-,22-4-. The number of hydrogen-bond acceptors (Lipinski definition) is 4. The summed E-state index contributed by atoms with van der Waals surface area (Å²) >= 11 is 0. The number of rotatable bonds is 7. The van der Waals surface area contributed by atoms with Crippen molar-refractivity contribution in [3.63, 3.8) is 0 Å². The zero-order chi connectivity index (χ0) is 23.8. The number of nitrogens with zero attached hydrogens (tertiary/aromatic N) is 1. The third-order valence-electron chi connectivity index (χ3n) is 5.17. The average molecular weight is 468 g/mol. The van der Waals surface area contributed by atoms with Gasteiger partial charge in [0.15, 0.2) is 0 Å². The highest BCUT2D eigenvalue weighted by Crippen LogP contribution is 2.41. The Morgan fingerprint density at radius 2 is 2.12 bits per heavy atom. The minimum Gasteiger partial charge on any atom is -0.405 e. The zero-order valence-corrected chi connectivity index (χ0v) is 19.3. The molecule has 5 nitrogen and oxygen atoms in total. The number of nitrogens with two attached hydrogens (primary N) is 2. The molecule has 8 heteroatoms. The van der Waals surface area contributed by atoms with Gasteiger partial charge in [0.2, 0.25) is 5.91 Å². The summed E-state index contributed by atoms with van der Waals surface area (Å²) < 4.78 is 29.0. The number of hydrogen-bond donors (Lipinski definition) is 3. The third kappa shape index (κ3) is 6.83. The van der Waals surface area contributed by atoms with Crippen molar-refractivity contribution in [3.05, 3.63) is 101 Å². The summed E-state index contributed by atoms with van der Waals surface area (Å²) in [5.41, 5.74) is 14.0. The van der Waals surface area contributed by atoms with Crippen molar-refractivity contribution in [2.24, 2.45) is 11.5 Å².